The second-order valence-corrected chi connectivity index (χ2v) is 5.87. The highest BCUT2D eigenvalue weighted by Crippen LogP contribution is 2.46. The van der Waals surface area contributed by atoms with Gasteiger partial charge in [-0.1, -0.05) is 27.2 Å². The molecule has 2 nitrogen and oxygen atoms in total. The molecule has 16 heavy (non-hydrogen) atoms. The summed E-state index contributed by atoms with van der Waals surface area (Å²) in [7, 11) is 0. The lowest BCUT2D eigenvalue weighted by atomic mass is 9.66. The van der Waals surface area contributed by atoms with Crippen LogP contribution in [0.5, 0.6) is 0 Å². The van der Waals surface area contributed by atoms with Crippen molar-refractivity contribution >= 4 is 0 Å². The zero-order chi connectivity index (χ0) is 11.8. The molecule has 2 heteroatoms. The topological polar surface area (TPSA) is 29.5 Å². The molecule has 0 amide bonds. The number of rotatable bonds is 2. The van der Waals surface area contributed by atoms with E-state index in [2.05, 4.69) is 26.8 Å². The summed E-state index contributed by atoms with van der Waals surface area (Å²) in [6, 6.07) is 0. The van der Waals surface area contributed by atoms with Crippen molar-refractivity contribution in [1.29, 1.82) is 0 Å². The van der Waals surface area contributed by atoms with Crippen molar-refractivity contribution in [3.63, 3.8) is 0 Å². The molecule has 2 aliphatic rings. The molecule has 0 spiro atoms. The van der Waals surface area contributed by atoms with Gasteiger partial charge in [-0.15, -0.1) is 0 Å². The summed E-state index contributed by atoms with van der Waals surface area (Å²) >= 11 is 0. The van der Waals surface area contributed by atoms with E-state index in [4.69, 9.17) is 4.74 Å². The van der Waals surface area contributed by atoms with Crippen LogP contribution in [-0.2, 0) is 4.74 Å². The van der Waals surface area contributed by atoms with Gasteiger partial charge in [-0.05, 0) is 36.7 Å². The number of aliphatic hydroxyl groups is 1. The SMILES string of the molecule is CC1CCC(C(C)C)C(O)(C2=CCCO2)C1. The molecule has 3 unspecified atom stereocenters. The van der Waals surface area contributed by atoms with Crippen molar-refractivity contribution in [3.8, 4) is 0 Å². The average molecular weight is 224 g/mol. The summed E-state index contributed by atoms with van der Waals surface area (Å²) in [6.07, 6.45) is 6.26. The minimum Gasteiger partial charge on any atom is -0.495 e. The Morgan fingerprint density at radius 1 is 1.44 bits per heavy atom. The van der Waals surface area contributed by atoms with Gasteiger partial charge in [-0.2, -0.15) is 0 Å². The van der Waals surface area contributed by atoms with Crippen molar-refractivity contribution in [2.45, 2.75) is 52.1 Å². The molecule has 1 aliphatic carbocycles. The molecule has 1 heterocycles. The monoisotopic (exact) mass is 224 g/mol. The molecule has 1 N–H and O–H groups in total. The summed E-state index contributed by atoms with van der Waals surface area (Å²) in [5.74, 6) is 2.33. The van der Waals surface area contributed by atoms with Crippen molar-refractivity contribution in [2.24, 2.45) is 17.8 Å². The lowest BCUT2D eigenvalue weighted by molar-refractivity contribution is -0.0825. The molecule has 0 aromatic carbocycles. The predicted molar refractivity (Wildman–Crippen MR) is 64.9 cm³/mol. The van der Waals surface area contributed by atoms with E-state index in [0.717, 1.165) is 31.6 Å². The standard InChI is InChI=1S/C14H24O2/c1-10(2)12-7-6-11(3)9-14(12,15)13-5-4-8-16-13/h5,10-12,15H,4,6-9H2,1-3H3. The zero-order valence-corrected chi connectivity index (χ0v) is 10.7. The van der Waals surface area contributed by atoms with Crippen molar-refractivity contribution in [3.05, 3.63) is 11.8 Å². The molecule has 92 valence electrons. The van der Waals surface area contributed by atoms with Gasteiger partial charge < -0.3 is 9.84 Å². The first-order valence-corrected chi connectivity index (χ1v) is 6.60. The zero-order valence-electron chi connectivity index (χ0n) is 10.7. The minimum atomic E-state index is -0.692. The average Bonchev–Trinajstić information content (AvgIpc) is 2.69. The second-order valence-electron chi connectivity index (χ2n) is 5.87. The van der Waals surface area contributed by atoms with Crippen molar-refractivity contribution in [2.75, 3.05) is 6.61 Å². The fourth-order valence-corrected chi connectivity index (χ4v) is 3.38. The first-order chi connectivity index (χ1) is 7.54. The molecule has 1 aliphatic heterocycles. The Labute approximate surface area is 98.7 Å². The third-order valence-electron chi connectivity index (χ3n) is 4.18. The lowest BCUT2D eigenvalue weighted by Crippen LogP contribution is -2.47. The Morgan fingerprint density at radius 3 is 2.75 bits per heavy atom. The lowest BCUT2D eigenvalue weighted by Gasteiger charge is -2.44. The maximum absolute atomic E-state index is 11.0. The Hall–Kier alpha value is -0.500. The van der Waals surface area contributed by atoms with Crippen LogP contribution >= 0.6 is 0 Å². The molecule has 0 saturated heterocycles. The molecule has 1 fully saturated rings. The van der Waals surface area contributed by atoms with E-state index in [0.29, 0.717) is 17.8 Å². The Kier molecular flexibility index (Phi) is 3.29. The summed E-state index contributed by atoms with van der Waals surface area (Å²) in [5, 5.41) is 11.0. The maximum atomic E-state index is 11.0. The van der Waals surface area contributed by atoms with Gasteiger partial charge in [0.1, 0.15) is 11.4 Å². The molecule has 0 radical (unpaired) electrons. The minimum absolute atomic E-state index is 0.355. The maximum Gasteiger partial charge on any atom is 0.124 e. The van der Waals surface area contributed by atoms with Crippen LogP contribution in [0.2, 0.25) is 0 Å². The largest absolute Gasteiger partial charge is 0.495 e. The van der Waals surface area contributed by atoms with Gasteiger partial charge in [0.05, 0.1) is 6.61 Å². The van der Waals surface area contributed by atoms with E-state index >= 15 is 0 Å². The molecular formula is C14H24O2. The Balaban J connectivity index is 2.24. The van der Waals surface area contributed by atoms with Gasteiger partial charge in [0.15, 0.2) is 0 Å². The molecule has 2 rings (SSSR count). The van der Waals surface area contributed by atoms with Crippen LogP contribution in [0.3, 0.4) is 0 Å². The molecular weight excluding hydrogens is 200 g/mol. The fraction of sp³-hybridized carbons (Fsp3) is 0.857. The summed E-state index contributed by atoms with van der Waals surface area (Å²) in [6.45, 7) is 7.40. The van der Waals surface area contributed by atoms with E-state index in [-0.39, 0.29) is 0 Å². The highest BCUT2D eigenvalue weighted by Gasteiger charge is 2.47. The summed E-state index contributed by atoms with van der Waals surface area (Å²) < 4.78 is 5.64. The molecule has 3 atom stereocenters. The van der Waals surface area contributed by atoms with E-state index in [9.17, 15) is 5.11 Å². The van der Waals surface area contributed by atoms with Gasteiger partial charge in [0.2, 0.25) is 0 Å². The van der Waals surface area contributed by atoms with Gasteiger partial charge in [-0.3, -0.25) is 0 Å². The fourth-order valence-electron chi connectivity index (χ4n) is 3.38. The predicted octanol–water partition coefficient (Wildman–Crippen LogP) is 3.11. The highest BCUT2D eigenvalue weighted by molar-refractivity contribution is 5.17. The number of hydrogen-bond donors (Lipinski definition) is 1. The molecule has 0 aromatic rings. The third kappa shape index (κ3) is 2.00. The van der Waals surface area contributed by atoms with Crippen LogP contribution in [0, 0.1) is 17.8 Å². The van der Waals surface area contributed by atoms with Crippen LogP contribution in [0.25, 0.3) is 0 Å². The molecule has 0 aromatic heterocycles. The van der Waals surface area contributed by atoms with Crippen molar-refractivity contribution < 1.29 is 9.84 Å². The third-order valence-corrected chi connectivity index (χ3v) is 4.18. The van der Waals surface area contributed by atoms with Crippen LogP contribution in [0.4, 0.5) is 0 Å². The first kappa shape index (κ1) is 12.0. The summed E-state index contributed by atoms with van der Waals surface area (Å²) in [5.41, 5.74) is -0.692. The van der Waals surface area contributed by atoms with Crippen molar-refractivity contribution in [1.82, 2.24) is 0 Å². The number of hydrogen-bond acceptors (Lipinski definition) is 2. The van der Waals surface area contributed by atoms with E-state index < -0.39 is 5.60 Å². The van der Waals surface area contributed by atoms with E-state index in [1.54, 1.807) is 0 Å². The van der Waals surface area contributed by atoms with Crippen LogP contribution in [0.15, 0.2) is 11.8 Å². The quantitative estimate of drug-likeness (QED) is 0.781. The Bertz CT molecular complexity index is 282. The Morgan fingerprint density at radius 2 is 2.19 bits per heavy atom. The van der Waals surface area contributed by atoms with Gasteiger partial charge >= 0.3 is 0 Å². The normalized spacial score (nSPS) is 39.7. The summed E-state index contributed by atoms with van der Waals surface area (Å²) in [4.78, 5) is 0. The van der Waals surface area contributed by atoms with Gasteiger partial charge in [-0.25, -0.2) is 0 Å². The van der Waals surface area contributed by atoms with Crippen LogP contribution in [0.1, 0.15) is 46.5 Å². The smallest absolute Gasteiger partial charge is 0.124 e. The van der Waals surface area contributed by atoms with Gasteiger partial charge in [0.25, 0.3) is 0 Å². The second kappa shape index (κ2) is 4.40. The molecule has 1 saturated carbocycles. The van der Waals surface area contributed by atoms with Gasteiger partial charge in [0, 0.05) is 6.42 Å². The molecule has 0 bridgehead atoms. The van der Waals surface area contributed by atoms with Crippen LogP contribution < -0.4 is 0 Å². The van der Waals surface area contributed by atoms with E-state index in [1.807, 2.05) is 0 Å². The van der Waals surface area contributed by atoms with Crippen LogP contribution in [-0.4, -0.2) is 17.3 Å². The van der Waals surface area contributed by atoms with E-state index in [1.165, 1.54) is 6.42 Å². The number of ether oxygens (including phenoxy) is 1. The first-order valence-electron chi connectivity index (χ1n) is 6.60. The highest BCUT2D eigenvalue weighted by atomic mass is 16.5.